The molecule has 0 saturated heterocycles. The van der Waals surface area contributed by atoms with E-state index in [9.17, 15) is 18.0 Å². The molecule has 2 heterocycles. The number of aromatic nitrogens is 4. The van der Waals surface area contributed by atoms with Gasteiger partial charge in [0.1, 0.15) is 0 Å². The van der Waals surface area contributed by atoms with Crippen LogP contribution in [0.5, 0.6) is 0 Å². The highest BCUT2D eigenvalue weighted by Crippen LogP contribution is 2.16. The fourth-order valence-electron chi connectivity index (χ4n) is 2.64. The first-order valence-corrected chi connectivity index (χ1v) is 9.88. The quantitative estimate of drug-likeness (QED) is 0.567. The molecule has 2 aromatic heterocycles. The van der Waals surface area contributed by atoms with Crippen molar-refractivity contribution in [2.75, 3.05) is 6.54 Å². The van der Waals surface area contributed by atoms with E-state index in [-0.39, 0.29) is 23.5 Å². The van der Waals surface area contributed by atoms with E-state index in [4.69, 9.17) is 0 Å². The van der Waals surface area contributed by atoms with Gasteiger partial charge in [-0.25, -0.2) is 22.9 Å². The van der Waals surface area contributed by atoms with Crippen molar-refractivity contribution in [2.45, 2.75) is 11.4 Å². The number of nitrogens with zero attached hydrogens (tertiary/aromatic N) is 4. The van der Waals surface area contributed by atoms with Crippen molar-refractivity contribution in [1.29, 1.82) is 0 Å². The summed E-state index contributed by atoms with van der Waals surface area (Å²) >= 11 is 3.26. The molecule has 0 bridgehead atoms. The lowest BCUT2D eigenvalue weighted by atomic mass is 10.4. The molecule has 0 radical (unpaired) electrons. The van der Waals surface area contributed by atoms with Crippen molar-refractivity contribution in [3.05, 3.63) is 55.9 Å². The maximum Gasteiger partial charge on any atom is 0.332 e. The van der Waals surface area contributed by atoms with E-state index in [1.165, 1.54) is 30.8 Å². The van der Waals surface area contributed by atoms with Gasteiger partial charge in [0.05, 0.1) is 4.90 Å². The second-order valence-corrected chi connectivity index (χ2v) is 8.10. The van der Waals surface area contributed by atoms with Crippen LogP contribution in [-0.4, -0.2) is 33.6 Å². The molecule has 0 aliphatic carbocycles. The number of rotatable bonds is 5. The van der Waals surface area contributed by atoms with E-state index < -0.39 is 21.3 Å². The molecule has 0 fully saturated rings. The lowest BCUT2D eigenvalue weighted by Crippen LogP contribution is -2.37. The Balaban J connectivity index is 1.92. The van der Waals surface area contributed by atoms with Crippen molar-refractivity contribution < 1.29 is 8.42 Å². The van der Waals surface area contributed by atoms with E-state index in [0.29, 0.717) is 10.4 Å². The third-order valence-electron chi connectivity index (χ3n) is 3.97. The molecule has 3 aromatic rings. The summed E-state index contributed by atoms with van der Waals surface area (Å²) in [5.41, 5.74) is -0.537. The van der Waals surface area contributed by atoms with Crippen LogP contribution in [0.15, 0.2) is 49.6 Å². The average molecular weight is 442 g/mol. The molecular weight excluding hydrogens is 426 g/mol. The zero-order valence-corrected chi connectivity index (χ0v) is 16.4. The van der Waals surface area contributed by atoms with E-state index in [0.717, 1.165) is 4.57 Å². The van der Waals surface area contributed by atoms with Crippen LogP contribution in [-0.2, 0) is 30.7 Å². The molecular formula is C15H16BrN5O4S. The molecule has 11 heteroatoms. The summed E-state index contributed by atoms with van der Waals surface area (Å²) in [7, 11) is -0.736. The van der Waals surface area contributed by atoms with Gasteiger partial charge in [-0.3, -0.25) is 13.9 Å². The Bertz CT molecular complexity index is 1190. The van der Waals surface area contributed by atoms with Crippen molar-refractivity contribution in [2.24, 2.45) is 14.1 Å². The first kappa shape index (κ1) is 18.5. The highest BCUT2D eigenvalue weighted by molar-refractivity contribution is 9.10. The van der Waals surface area contributed by atoms with E-state index in [2.05, 4.69) is 25.6 Å². The van der Waals surface area contributed by atoms with Gasteiger partial charge in [-0.2, -0.15) is 0 Å². The fraction of sp³-hybridized carbons (Fsp3) is 0.267. The van der Waals surface area contributed by atoms with Gasteiger partial charge < -0.3 is 4.57 Å². The van der Waals surface area contributed by atoms with Crippen LogP contribution >= 0.6 is 15.9 Å². The molecule has 1 aromatic carbocycles. The summed E-state index contributed by atoms with van der Waals surface area (Å²) in [4.78, 5) is 28.7. The molecule has 9 nitrogen and oxygen atoms in total. The molecule has 0 amide bonds. The Morgan fingerprint density at radius 3 is 2.42 bits per heavy atom. The predicted molar refractivity (Wildman–Crippen MR) is 99.5 cm³/mol. The maximum absolute atomic E-state index is 12.3. The smallest absolute Gasteiger partial charge is 0.303 e. The Kier molecular flexibility index (Phi) is 4.86. The van der Waals surface area contributed by atoms with Crippen LogP contribution in [0.25, 0.3) is 11.2 Å². The molecule has 26 heavy (non-hydrogen) atoms. The molecule has 1 N–H and O–H groups in total. The monoisotopic (exact) mass is 441 g/mol. The first-order valence-electron chi connectivity index (χ1n) is 7.60. The van der Waals surface area contributed by atoms with Crippen molar-refractivity contribution in [1.82, 2.24) is 23.4 Å². The third kappa shape index (κ3) is 3.13. The molecule has 0 spiro atoms. The summed E-state index contributed by atoms with van der Waals surface area (Å²) in [5, 5.41) is 0. The highest BCUT2D eigenvalue weighted by atomic mass is 79.9. The average Bonchev–Trinajstić information content (AvgIpc) is 2.95. The molecule has 0 unspecified atom stereocenters. The minimum absolute atomic E-state index is 0.0602. The molecule has 0 aliphatic heterocycles. The minimum atomic E-state index is -3.65. The largest absolute Gasteiger partial charge is 0.332 e. The predicted octanol–water partition coefficient (Wildman–Crippen LogP) is 0.175. The number of hydrogen-bond donors (Lipinski definition) is 1. The second-order valence-electron chi connectivity index (χ2n) is 5.62. The van der Waals surface area contributed by atoms with Gasteiger partial charge in [0, 0.05) is 27.2 Å². The maximum atomic E-state index is 12.3. The number of imidazole rings is 1. The van der Waals surface area contributed by atoms with Crippen molar-refractivity contribution in [3.8, 4) is 0 Å². The number of benzene rings is 1. The lowest BCUT2D eigenvalue weighted by Gasteiger charge is -2.11. The summed E-state index contributed by atoms with van der Waals surface area (Å²) < 4.78 is 31.2. The van der Waals surface area contributed by atoms with Crippen molar-refractivity contribution in [3.63, 3.8) is 0 Å². The normalized spacial score (nSPS) is 12.0. The summed E-state index contributed by atoms with van der Waals surface area (Å²) in [5.74, 6) is 0. The van der Waals surface area contributed by atoms with Crippen LogP contribution in [0.2, 0.25) is 0 Å². The zero-order chi connectivity index (χ0) is 19.1. The van der Waals surface area contributed by atoms with Crippen LogP contribution < -0.4 is 16.0 Å². The van der Waals surface area contributed by atoms with Gasteiger partial charge in [-0.15, -0.1) is 0 Å². The second kappa shape index (κ2) is 6.82. The third-order valence-corrected chi connectivity index (χ3v) is 6.06. The van der Waals surface area contributed by atoms with E-state index in [1.54, 1.807) is 22.8 Å². The Labute approximate surface area is 157 Å². The number of aryl methyl sites for hydroxylation is 1. The molecule has 3 rings (SSSR count). The van der Waals surface area contributed by atoms with E-state index in [1.807, 2.05) is 0 Å². The topological polar surface area (TPSA) is 108 Å². The number of sulfonamides is 1. The Morgan fingerprint density at radius 1 is 1.12 bits per heavy atom. The van der Waals surface area contributed by atoms with Crippen LogP contribution in [0.3, 0.4) is 0 Å². The minimum Gasteiger partial charge on any atom is -0.303 e. The number of nitrogens with one attached hydrogen (secondary N) is 1. The fourth-order valence-corrected chi connectivity index (χ4v) is 4.20. The van der Waals surface area contributed by atoms with Crippen LogP contribution in [0, 0.1) is 0 Å². The lowest BCUT2D eigenvalue weighted by molar-refractivity contribution is 0.571. The van der Waals surface area contributed by atoms with Crippen LogP contribution in [0.4, 0.5) is 0 Å². The first-order chi connectivity index (χ1) is 12.2. The number of hydrogen-bond acceptors (Lipinski definition) is 5. The SMILES string of the molecule is Cn1c(=O)c2nc(Br)n(CCNS(=O)(=O)c3ccccc3)c2n(C)c1=O. The van der Waals surface area contributed by atoms with Gasteiger partial charge in [0.15, 0.2) is 15.9 Å². The van der Waals surface area contributed by atoms with Crippen LogP contribution in [0.1, 0.15) is 0 Å². The summed E-state index contributed by atoms with van der Waals surface area (Å²) in [6.45, 7) is 0.244. The molecule has 0 atom stereocenters. The molecule has 0 aliphatic rings. The molecule has 0 saturated carbocycles. The van der Waals surface area contributed by atoms with Gasteiger partial charge in [0.25, 0.3) is 5.56 Å². The number of fused-ring (bicyclic) bond motifs is 1. The summed E-state index contributed by atoms with van der Waals surface area (Å²) in [6.07, 6.45) is 0. The Hall–Kier alpha value is -2.24. The van der Waals surface area contributed by atoms with Crippen molar-refractivity contribution >= 4 is 37.1 Å². The van der Waals surface area contributed by atoms with Gasteiger partial charge in [0.2, 0.25) is 10.0 Å². The summed E-state index contributed by atoms with van der Waals surface area (Å²) in [6, 6.07) is 8.01. The number of halogens is 1. The van der Waals surface area contributed by atoms with Gasteiger partial charge >= 0.3 is 5.69 Å². The van der Waals surface area contributed by atoms with Gasteiger partial charge in [-0.1, -0.05) is 18.2 Å². The standard InChI is InChI=1S/C15H16BrN5O4S/c1-19-12-11(13(22)20(2)15(19)23)18-14(16)21(12)9-8-17-26(24,25)10-6-4-3-5-7-10/h3-7,17H,8-9H2,1-2H3. The zero-order valence-electron chi connectivity index (χ0n) is 14.0. The van der Waals surface area contributed by atoms with Gasteiger partial charge in [-0.05, 0) is 28.1 Å². The van der Waals surface area contributed by atoms with E-state index >= 15 is 0 Å². The Morgan fingerprint density at radius 2 is 1.77 bits per heavy atom. The molecule has 138 valence electrons. The highest BCUT2D eigenvalue weighted by Gasteiger charge is 2.18.